The molecular weight excluding hydrogens is 319 g/mol. The van der Waals surface area contributed by atoms with E-state index >= 15 is 0 Å². The molecule has 0 fully saturated rings. The van der Waals surface area contributed by atoms with E-state index in [2.05, 4.69) is 4.98 Å². The van der Waals surface area contributed by atoms with Crippen molar-refractivity contribution in [3.8, 4) is 17.0 Å². The number of aromatic nitrogens is 1. The van der Waals surface area contributed by atoms with Crippen LogP contribution in [-0.2, 0) is 16.3 Å². The summed E-state index contributed by atoms with van der Waals surface area (Å²) >= 11 is 0. The lowest BCUT2D eigenvalue weighted by Crippen LogP contribution is -2.07. The Labute approximate surface area is 125 Å². The Hall–Kier alpha value is -2.09. The van der Waals surface area contributed by atoms with Gasteiger partial charge in [-0.2, -0.15) is 21.6 Å². The largest absolute Gasteiger partial charge is 0.416 e. The van der Waals surface area contributed by atoms with Crippen LogP contribution in [0.4, 0.5) is 13.2 Å². The van der Waals surface area contributed by atoms with Gasteiger partial charge in [0.05, 0.1) is 23.2 Å². The maximum absolute atomic E-state index is 12.5. The summed E-state index contributed by atoms with van der Waals surface area (Å²) in [5, 5.41) is 0. The SMILES string of the molecule is Cc1nc(-c2ccc(C(F)(F)F)cc2)ccc1OS(C)(=O)=O. The van der Waals surface area contributed by atoms with Crippen molar-refractivity contribution >= 4 is 10.1 Å². The Balaban J connectivity index is 2.32. The summed E-state index contributed by atoms with van der Waals surface area (Å²) in [4.78, 5) is 4.15. The van der Waals surface area contributed by atoms with Crippen LogP contribution in [0.2, 0.25) is 0 Å². The average molecular weight is 331 g/mol. The first-order chi connectivity index (χ1) is 10.1. The molecule has 1 aromatic carbocycles. The van der Waals surface area contributed by atoms with Gasteiger partial charge < -0.3 is 4.18 Å². The highest BCUT2D eigenvalue weighted by molar-refractivity contribution is 7.86. The molecule has 0 aliphatic carbocycles. The number of nitrogens with zero attached hydrogens (tertiary/aromatic N) is 1. The monoisotopic (exact) mass is 331 g/mol. The molecule has 0 saturated heterocycles. The van der Waals surface area contributed by atoms with Gasteiger partial charge in [0.25, 0.3) is 0 Å². The van der Waals surface area contributed by atoms with E-state index in [4.69, 9.17) is 4.18 Å². The number of halogens is 3. The minimum absolute atomic E-state index is 0.0816. The van der Waals surface area contributed by atoms with E-state index in [-0.39, 0.29) is 5.75 Å². The van der Waals surface area contributed by atoms with Crippen LogP contribution in [0.5, 0.6) is 5.75 Å². The van der Waals surface area contributed by atoms with Crippen LogP contribution >= 0.6 is 0 Å². The number of aryl methyl sites for hydroxylation is 1. The molecule has 0 atom stereocenters. The maximum Gasteiger partial charge on any atom is 0.416 e. The lowest BCUT2D eigenvalue weighted by molar-refractivity contribution is -0.137. The van der Waals surface area contributed by atoms with Crippen LogP contribution in [0.25, 0.3) is 11.3 Å². The molecule has 0 amide bonds. The molecule has 0 radical (unpaired) electrons. The van der Waals surface area contributed by atoms with Gasteiger partial charge in [-0.1, -0.05) is 12.1 Å². The molecule has 0 aliphatic rings. The van der Waals surface area contributed by atoms with E-state index < -0.39 is 21.9 Å². The van der Waals surface area contributed by atoms with Crippen LogP contribution in [0.15, 0.2) is 36.4 Å². The maximum atomic E-state index is 12.5. The summed E-state index contributed by atoms with van der Waals surface area (Å²) in [5.74, 6) is 0.0816. The van der Waals surface area contributed by atoms with Gasteiger partial charge in [-0.25, -0.2) is 4.98 Å². The predicted octanol–water partition coefficient (Wildman–Crippen LogP) is 3.41. The summed E-state index contributed by atoms with van der Waals surface area (Å²) in [6.45, 7) is 1.55. The van der Waals surface area contributed by atoms with Crippen molar-refractivity contribution in [3.05, 3.63) is 47.7 Å². The number of benzene rings is 1. The molecule has 8 heteroatoms. The summed E-state index contributed by atoms with van der Waals surface area (Å²) in [6, 6.07) is 7.44. The zero-order valence-electron chi connectivity index (χ0n) is 11.7. The van der Waals surface area contributed by atoms with E-state index in [0.717, 1.165) is 18.4 Å². The third-order valence-corrected chi connectivity index (χ3v) is 3.27. The first kappa shape index (κ1) is 16.3. The second-order valence-corrected chi connectivity index (χ2v) is 6.22. The van der Waals surface area contributed by atoms with Crippen molar-refractivity contribution in [2.45, 2.75) is 13.1 Å². The molecule has 118 valence electrons. The van der Waals surface area contributed by atoms with Crippen molar-refractivity contribution in [1.29, 1.82) is 0 Å². The van der Waals surface area contributed by atoms with E-state index in [0.29, 0.717) is 17.0 Å². The number of rotatable bonds is 3. The fourth-order valence-electron chi connectivity index (χ4n) is 1.79. The highest BCUT2D eigenvalue weighted by Crippen LogP contribution is 2.31. The summed E-state index contributed by atoms with van der Waals surface area (Å²) < 4.78 is 64.4. The molecule has 2 aromatic rings. The van der Waals surface area contributed by atoms with E-state index in [1.807, 2.05) is 0 Å². The predicted molar refractivity (Wildman–Crippen MR) is 74.9 cm³/mol. The standard InChI is InChI=1S/C14H12F3NO3S/c1-9-13(21-22(2,19)20)8-7-12(18-9)10-3-5-11(6-4-10)14(15,16)17/h3-8H,1-2H3. The van der Waals surface area contributed by atoms with Crippen LogP contribution in [0, 0.1) is 6.92 Å². The van der Waals surface area contributed by atoms with Crippen molar-refractivity contribution in [2.24, 2.45) is 0 Å². The topological polar surface area (TPSA) is 56.3 Å². The van der Waals surface area contributed by atoms with Gasteiger partial charge in [0.15, 0.2) is 5.75 Å². The quantitative estimate of drug-likeness (QED) is 0.809. The van der Waals surface area contributed by atoms with Crippen LogP contribution in [-0.4, -0.2) is 19.7 Å². The molecule has 0 spiro atoms. The molecule has 0 bridgehead atoms. The first-order valence-corrected chi connectivity index (χ1v) is 7.93. The Morgan fingerprint density at radius 2 is 1.64 bits per heavy atom. The first-order valence-electron chi connectivity index (χ1n) is 6.11. The van der Waals surface area contributed by atoms with Gasteiger partial charge in [-0.3, -0.25) is 0 Å². The fraction of sp³-hybridized carbons (Fsp3) is 0.214. The third-order valence-electron chi connectivity index (χ3n) is 2.79. The van der Waals surface area contributed by atoms with Gasteiger partial charge >= 0.3 is 16.3 Å². The minimum Gasteiger partial charge on any atom is -0.381 e. The Kier molecular flexibility index (Phi) is 4.15. The van der Waals surface area contributed by atoms with Gasteiger partial charge in [-0.15, -0.1) is 0 Å². The molecule has 0 N–H and O–H groups in total. The van der Waals surface area contributed by atoms with Gasteiger partial charge in [-0.05, 0) is 31.2 Å². The Morgan fingerprint density at radius 3 is 2.09 bits per heavy atom. The van der Waals surface area contributed by atoms with Crippen LogP contribution in [0.3, 0.4) is 0 Å². The molecule has 22 heavy (non-hydrogen) atoms. The van der Waals surface area contributed by atoms with Gasteiger partial charge in [0, 0.05) is 5.56 Å². The lowest BCUT2D eigenvalue weighted by Gasteiger charge is -2.09. The highest BCUT2D eigenvalue weighted by Gasteiger charge is 2.30. The normalized spacial score (nSPS) is 12.2. The Bertz CT molecular complexity index is 784. The molecule has 2 rings (SSSR count). The second kappa shape index (κ2) is 5.60. The van der Waals surface area contributed by atoms with E-state index in [1.54, 1.807) is 6.92 Å². The molecule has 0 aliphatic heterocycles. The van der Waals surface area contributed by atoms with Crippen molar-refractivity contribution in [3.63, 3.8) is 0 Å². The second-order valence-electron chi connectivity index (χ2n) is 4.64. The smallest absolute Gasteiger partial charge is 0.381 e. The number of hydrogen-bond acceptors (Lipinski definition) is 4. The minimum atomic E-state index is -4.39. The van der Waals surface area contributed by atoms with Crippen LogP contribution < -0.4 is 4.18 Å². The number of alkyl halides is 3. The lowest BCUT2D eigenvalue weighted by atomic mass is 10.1. The average Bonchev–Trinajstić information content (AvgIpc) is 2.39. The summed E-state index contributed by atoms with van der Waals surface area (Å²) in [5.41, 5.74) is 0.488. The van der Waals surface area contributed by atoms with Gasteiger partial charge in [0.2, 0.25) is 0 Å². The number of hydrogen-bond donors (Lipinski definition) is 0. The fourth-order valence-corrected chi connectivity index (χ4v) is 2.29. The summed E-state index contributed by atoms with van der Waals surface area (Å²) in [7, 11) is -3.66. The van der Waals surface area contributed by atoms with Crippen molar-refractivity contribution < 1.29 is 25.8 Å². The molecule has 1 aromatic heterocycles. The van der Waals surface area contributed by atoms with E-state index in [9.17, 15) is 21.6 Å². The molecule has 0 unspecified atom stereocenters. The molecule has 4 nitrogen and oxygen atoms in total. The molecular formula is C14H12F3NO3S. The Morgan fingerprint density at radius 1 is 1.05 bits per heavy atom. The third kappa shape index (κ3) is 3.97. The van der Waals surface area contributed by atoms with Crippen molar-refractivity contribution in [2.75, 3.05) is 6.26 Å². The highest BCUT2D eigenvalue weighted by atomic mass is 32.2. The molecule has 0 saturated carbocycles. The van der Waals surface area contributed by atoms with Crippen molar-refractivity contribution in [1.82, 2.24) is 4.98 Å². The summed E-state index contributed by atoms with van der Waals surface area (Å²) in [6.07, 6.45) is -3.48. The zero-order chi connectivity index (χ0) is 16.5. The number of pyridine rings is 1. The van der Waals surface area contributed by atoms with E-state index in [1.165, 1.54) is 24.3 Å². The van der Waals surface area contributed by atoms with Gasteiger partial charge in [0.1, 0.15) is 0 Å². The van der Waals surface area contributed by atoms with Crippen LogP contribution in [0.1, 0.15) is 11.3 Å². The zero-order valence-corrected chi connectivity index (χ0v) is 12.5. The molecule has 1 heterocycles.